The van der Waals surface area contributed by atoms with Crippen LogP contribution in [0.4, 0.5) is 0 Å². The van der Waals surface area contributed by atoms with Crippen LogP contribution in [0.25, 0.3) is 0 Å². The highest BCUT2D eigenvalue weighted by molar-refractivity contribution is 7.89. The van der Waals surface area contributed by atoms with E-state index in [-0.39, 0.29) is 16.8 Å². The van der Waals surface area contributed by atoms with E-state index in [4.69, 9.17) is 11.6 Å². The summed E-state index contributed by atoms with van der Waals surface area (Å²) in [5, 5.41) is 0. The lowest BCUT2D eigenvalue weighted by atomic mass is 10.2. The van der Waals surface area contributed by atoms with Gasteiger partial charge in [0.2, 0.25) is 10.0 Å². The van der Waals surface area contributed by atoms with E-state index in [1.54, 1.807) is 34.4 Å². The number of nitrogens with one attached hydrogen (secondary N) is 1. The lowest BCUT2D eigenvalue weighted by molar-refractivity contribution is 0.0629. The smallest absolute Gasteiger partial charge is 0.253 e. The molecular formula is C21H26ClN3O3S2. The number of carbonyl (C=O) groups is 1. The third-order valence-electron chi connectivity index (χ3n) is 5.74. The molecule has 0 atom stereocenters. The average Bonchev–Trinajstić information content (AvgIpc) is 3.39. The highest BCUT2D eigenvalue weighted by Crippen LogP contribution is 2.24. The van der Waals surface area contributed by atoms with Gasteiger partial charge in [0, 0.05) is 49.2 Å². The molecule has 0 bridgehead atoms. The Labute approximate surface area is 186 Å². The van der Waals surface area contributed by atoms with Crippen molar-refractivity contribution in [1.29, 1.82) is 0 Å². The molecule has 6 nitrogen and oxygen atoms in total. The fourth-order valence-corrected chi connectivity index (χ4v) is 6.56. The first-order chi connectivity index (χ1) is 14.4. The zero-order valence-electron chi connectivity index (χ0n) is 16.7. The van der Waals surface area contributed by atoms with Crippen LogP contribution in [-0.4, -0.2) is 56.3 Å². The molecule has 1 N–H and O–H groups in total. The summed E-state index contributed by atoms with van der Waals surface area (Å²) in [4.78, 5) is 18.4. The first kappa shape index (κ1) is 21.8. The standard InChI is InChI=1S/C21H26ClN3O3S2/c22-20-9-8-18(29-20)15-24-10-12-25(13-11-24)21(26)16-4-3-7-19(14-16)30(27,28)23-17-5-1-2-6-17/h3-4,7-9,14,17,23H,1-2,5-6,10-13,15H2. The van der Waals surface area contributed by atoms with E-state index in [0.717, 1.165) is 49.7 Å². The van der Waals surface area contributed by atoms with E-state index < -0.39 is 10.0 Å². The van der Waals surface area contributed by atoms with Crippen molar-refractivity contribution >= 4 is 38.9 Å². The van der Waals surface area contributed by atoms with Gasteiger partial charge in [-0.1, -0.05) is 30.5 Å². The Morgan fingerprint density at radius 1 is 1.10 bits per heavy atom. The molecule has 2 heterocycles. The third-order valence-corrected chi connectivity index (χ3v) is 8.47. The molecule has 1 amide bonds. The number of benzene rings is 1. The predicted molar refractivity (Wildman–Crippen MR) is 120 cm³/mol. The number of piperazine rings is 1. The largest absolute Gasteiger partial charge is 0.336 e. The van der Waals surface area contributed by atoms with Crippen LogP contribution < -0.4 is 4.72 Å². The molecule has 1 saturated carbocycles. The molecule has 1 aliphatic carbocycles. The Balaban J connectivity index is 1.37. The van der Waals surface area contributed by atoms with Gasteiger partial charge in [0.25, 0.3) is 5.91 Å². The molecule has 0 spiro atoms. The minimum atomic E-state index is -3.61. The number of hydrogen-bond donors (Lipinski definition) is 1. The number of halogens is 1. The minimum absolute atomic E-state index is 0.000613. The quantitative estimate of drug-likeness (QED) is 0.705. The molecule has 9 heteroatoms. The lowest BCUT2D eigenvalue weighted by Gasteiger charge is -2.34. The van der Waals surface area contributed by atoms with Crippen molar-refractivity contribution in [3.8, 4) is 0 Å². The number of carbonyl (C=O) groups excluding carboxylic acids is 1. The maximum atomic E-state index is 13.0. The lowest BCUT2D eigenvalue weighted by Crippen LogP contribution is -2.48. The van der Waals surface area contributed by atoms with Gasteiger partial charge in [-0.25, -0.2) is 13.1 Å². The van der Waals surface area contributed by atoms with Gasteiger partial charge in [-0.2, -0.15) is 0 Å². The second-order valence-corrected chi connectivity index (χ2v) is 11.4. The molecular weight excluding hydrogens is 442 g/mol. The van der Waals surface area contributed by atoms with Crippen molar-refractivity contribution < 1.29 is 13.2 Å². The van der Waals surface area contributed by atoms with Gasteiger partial charge in [0.05, 0.1) is 9.23 Å². The third kappa shape index (κ3) is 5.23. The van der Waals surface area contributed by atoms with Gasteiger partial charge in [0.1, 0.15) is 0 Å². The maximum absolute atomic E-state index is 13.0. The van der Waals surface area contributed by atoms with Crippen molar-refractivity contribution in [2.24, 2.45) is 0 Å². The van der Waals surface area contributed by atoms with Crippen LogP contribution in [-0.2, 0) is 16.6 Å². The van der Waals surface area contributed by atoms with Crippen LogP contribution in [0.2, 0.25) is 4.34 Å². The summed E-state index contributed by atoms with van der Waals surface area (Å²) >= 11 is 7.58. The van der Waals surface area contributed by atoms with Gasteiger partial charge < -0.3 is 4.90 Å². The Morgan fingerprint density at radius 2 is 1.83 bits per heavy atom. The first-order valence-corrected chi connectivity index (χ1v) is 13.0. The summed E-state index contributed by atoms with van der Waals surface area (Å²) in [5.41, 5.74) is 0.419. The highest BCUT2D eigenvalue weighted by Gasteiger charge is 2.26. The Bertz CT molecular complexity index is 994. The number of nitrogens with zero attached hydrogens (tertiary/aromatic N) is 2. The van der Waals surface area contributed by atoms with E-state index in [2.05, 4.69) is 9.62 Å². The summed E-state index contributed by atoms with van der Waals surface area (Å²) in [7, 11) is -3.61. The molecule has 2 fully saturated rings. The first-order valence-electron chi connectivity index (χ1n) is 10.3. The SMILES string of the molecule is O=C(c1cccc(S(=O)(=O)NC2CCCC2)c1)N1CCN(Cc2ccc(Cl)s2)CC1. The predicted octanol–water partition coefficient (Wildman–Crippen LogP) is 3.58. The average molecular weight is 468 g/mol. The summed E-state index contributed by atoms with van der Waals surface area (Å²) in [6.45, 7) is 3.63. The molecule has 0 radical (unpaired) electrons. The van der Waals surface area contributed by atoms with Crippen LogP contribution in [0, 0.1) is 0 Å². The van der Waals surface area contributed by atoms with Crippen molar-refractivity contribution in [3.05, 3.63) is 51.2 Å². The Hall–Kier alpha value is -1.45. The summed E-state index contributed by atoms with van der Waals surface area (Å²) < 4.78 is 29.0. The highest BCUT2D eigenvalue weighted by atomic mass is 35.5. The van der Waals surface area contributed by atoms with Crippen molar-refractivity contribution in [3.63, 3.8) is 0 Å². The molecule has 2 aliphatic rings. The van der Waals surface area contributed by atoms with Gasteiger partial charge in [-0.3, -0.25) is 9.69 Å². The molecule has 0 unspecified atom stereocenters. The number of amides is 1. The number of sulfonamides is 1. The number of hydrogen-bond acceptors (Lipinski definition) is 5. The van der Waals surface area contributed by atoms with Gasteiger partial charge in [-0.05, 0) is 43.2 Å². The maximum Gasteiger partial charge on any atom is 0.253 e. The topological polar surface area (TPSA) is 69.7 Å². The van der Waals surface area contributed by atoms with Crippen LogP contribution >= 0.6 is 22.9 Å². The molecule has 2 aromatic rings. The molecule has 1 aromatic heterocycles. The van der Waals surface area contributed by atoms with Gasteiger partial charge >= 0.3 is 0 Å². The van der Waals surface area contributed by atoms with E-state index in [1.807, 2.05) is 12.1 Å². The Kier molecular flexibility index (Phi) is 6.79. The second kappa shape index (κ2) is 9.36. The fraction of sp³-hybridized carbons (Fsp3) is 0.476. The van der Waals surface area contributed by atoms with E-state index in [1.165, 1.54) is 10.9 Å². The Morgan fingerprint density at radius 3 is 2.50 bits per heavy atom. The molecule has 162 valence electrons. The molecule has 1 aliphatic heterocycles. The summed E-state index contributed by atoms with van der Waals surface area (Å²) in [6, 6.07) is 10.3. The van der Waals surface area contributed by atoms with Gasteiger partial charge in [-0.15, -0.1) is 11.3 Å². The number of thiophene rings is 1. The minimum Gasteiger partial charge on any atom is -0.336 e. The zero-order valence-corrected chi connectivity index (χ0v) is 19.1. The summed E-state index contributed by atoms with van der Waals surface area (Å²) in [5.74, 6) is -0.119. The van der Waals surface area contributed by atoms with Crippen molar-refractivity contribution in [2.75, 3.05) is 26.2 Å². The van der Waals surface area contributed by atoms with Crippen molar-refractivity contribution in [2.45, 2.75) is 43.2 Å². The second-order valence-electron chi connectivity index (χ2n) is 7.90. The molecule has 1 aromatic carbocycles. The molecule has 4 rings (SSSR count). The summed E-state index contributed by atoms with van der Waals surface area (Å²) in [6.07, 6.45) is 3.86. The fourth-order valence-electron chi connectivity index (χ4n) is 4.08. The zero-order chi connectivity index (χ0) is 21.1. The monoisotopic (exact) mass is 467 g/mol. The van der Waals surface area contributed by atoms with Crippen LogP contribution in [0.3, 0.4) is 0 Å². The number of rotatable bonds is 6. The van der Waals surface area contributed by atoms with Gasteiger partial charge in [0.15, 0.2) is 0 Å². The molecule has 1 saturated heterocycles. The van der Waals surface area contributed by atoms with E-state index in [9.17, 15) is 13.2 Å². The molecule has 30 heavy (non-hydrogen) atoms. The van der Waals surface area contributed by atoms with Crippen LogP contribution in [0.5, 0.6) is 0 Å². The van der Waals surface area contributed by atoms with E-state index in [0.29, 0.717) is 18.7 Å². The van der Waals surface area contributed by atoms with Crippen molar-refractivity contribution in [1.82, 2.24) is 14.5 Å². The van der Waals surface area contributed by atoms with Crippen LogP contribution in [0.1, 0.15) is 40.9 Å². The normalized spacial score (nSPS) is 18.8. The van der Waals surface area contributed by atoms with Crippen LogP contribution in [0.15, 0.2) is 41.3 Å². The van der Waals surface area contributed by atoms with E-state index >= 15 is 0 Å².